The lowest BCUT2D eigenvalue weighted by Crippen LogP contribution is -2.51. The molecular formula is C11H13Cl2N5O. The number of benzene rings is 1. The Labute approximate surface area is 120 Å². The molecule has 19 heavy (non-hydrogen) atoms. The van der Waals surface area contributed by atoms with Gasteiger partial charge in [-0.15, -0.1) is 0 Å². The predicted molar refractivity (Wildman–Crippen MR) is 75.0 cm³/mol. The van der Waals surface area contributed by atoms with Crippen molar-refractivity contribution in [2.24, 2.45) is 10.8 Å². The van der Waals surface area contributed by atoms with E-state index in [2.05, 4.69) is 15.3 Å². The molecule has 0 saturated heterocycles. The Kier molecular flexibility index (Phi) is 5.44. The summed E-state index contributed by atoms with van der Waals surface area (Å²) in [6.07, 6.45) is 0. The van der Waals surface area contributed by atoms with Crippen LogP contribution in [0.2, 0.25) is 10.0 Å². The van der Waals surface area contributed by atoms with E-state index < -0.39 is 11.4 Å². The highest BCUT2D eigenvalue weighted by molar-refractivity contribution is 6.34. The number of nitrogens with two attached hydrogens (primary N) is 1. The average molecular weight is 302 g/mol. The highest BCUT2D eigenvalue weighted by Crippen LogP contribution is 2.30. The molecule has 1 aromatic rings. The Morgan fingerprint density at radius 2 is 2.26 bits per heavy atom. The highest BCUT2D eigenvalue weighted by atomic mass is 35.5. The minimum absolute atomic E-state index is 0.192. The summed E-state index contributed by atoms with van der Waals surface area (Å²) < 4.78 is 0. The van der Waals surface area contributed by atoms with Crippen molar-refractivity contribution in [2.75, 3.05) is 13.1 Å². The van der Waals surface area contributed by atoms with Crippen molar-refractivity contribution in [3.05, 3.63) is 44.3 Å². The van der Waals surface area contributed by atoms with Gasteiger partial charge in [-0.25, -0.2) is 0 Å². The van der Waals surface area contributed by atoms with E-state index in [0.717, 1.165) is 0 Å². The van der Waals surface area contributed by atoms with Gasteiger partial charge in [0.15, 0.2) is 0 Å². The lowest BCUT2D eigenvalue weighted by Gasteiger charge is -2.29. The van der Waals surface area contributed by atoms with Gasteiger partial charge in [0.1, 0.15) is 5.54 Å². The quantitative estimate of drug-likeness (QED) is 0.365. The molecule has 8 heteroatoms. The highest BCUT2D eigenvalue weighted by Gasteiger charge is 2.34. The number of carbonyl (C=O) groups is 1. The third-order valence-electron chi connectivity index (χ3n) is 2.71. The van der Waals surface area contributed by atoms with Crippen LogP contribution in [0.3, 0.4) is 0 Å². The van der Waals surface area contributed by atoms with Crippen LogP contribution < -0.4 is 11.1 Å². The van der Waals surface area contributed by atoms with E-state index in [1.807, 2.05) is 0 Å². The van der Waals surface area contributed by atoms with E-state index in [0.29, 0.717) is 15.6 Å². The second-order valence-corrected chi connectivity index (χ2v) is 4.84. The molecular weight excluding hydrogens is 289 g/mol. The number of primary amides is 1. The topological polar surface area (TPSA) is 104 Å². The zero-order valence-corrected chi connectivity index (χ0v) is 11.7. The van der Waals surface area contributed by atoms with Crippen LogP contribution in [-0.4, -0.2) is 19.0 Å². The first-order valence-electron chi connectivity index (χ1n) is 5.43. The van der Waals surface area contributed by atoms with Gasteiger partial charge in [0, 0.05) is 33.6 Å². The van der Waals surface area contributed by atoms with E-state index >= 15 is 0 Å². The molecule has 1 aromatic carbocycles. The van der Waals surface area contributed by atoms with Crippen molar-refractivity contribution in [3.63, 3.8) is 0 Å². The maximum Gasteiger partial charge on any atom is 0.242 e. The third-order valence-corrected chi connectivity index (χ3v) is 3.28. The maximum atomic E-state index is 11.7. The van der Waals surface area contributed by atoms with E-state index in [4.69, 9.17) is 34.5 Å². The molecule has 0 aliphatic heterocycles. The molecule has 0 aliphatic rings. The first-order valence-corrected chi connectivity index (χ1v) is 6.18. The van der Waals surface area contributed by atoms with Crippen LogP contribution in [0.5, 0.6) is 0 Å². The number of carbonyl (C=O) groups excluding carboxylic acids is 1. The van der Waals surface area contributed by atoms with Crippen molar-refractivity contribution in [3.8, 4) is 0 Å². The van der Waals surface area contributed by atoms with Crippen LogP contribution >= 0.6 is 23.2 Å². The number of hydrogen-bond acceptors (Lipinski definition) is 3. The molecule has 0 spiro atoms. The molecule has 0 saturated carbocycles. The van der Waals surface area contributed by atoms with Gasteiger partial charge in [-0.2, -0.15) is 0 Å². The summed E-state index contributed by atoms with van der Waals surface area (Å²) in [4.78, 5) is 14.3. The van der Waals surface area contributed by atoms with Crippen molar-refractivity contribution < 1.29 is 4.79 Å². The number of halogens is 2. The number of nitrogens with one attached hydrogen (secondary N) is 1. The maximum absolute atomic E-state index is 11.7. The minimum Gasteiger partial charge on any atom is -0.368 e. The predicted octanol–water partition coefficient (Wildman–Crippen LogP) is 2.59. The molecule has 1 unspecified atom stereocenters. The molecule has 0 fully saturated rings. The molecule has 102 valence electrons. The summed E-state index contributed by atoms with van der Waals surface area (Å²) in [6, 6.07) is 4.79. The zero-order chi connectivity index (χ0) is 14.5. The molecule has 1 atom stereocenters. The first-order chi connectivity index (χ1) is 8.91. The van der Waals surface area contributed by atoms with Gasteiger partial charge in [0.25, 0.3) is 0 Å². The van der Waals surface area contributed by atoms with E-state index in [1.165, 1.54) is 0 Å². The standard InChI is InChI=1S/C11H13Cl2N5O/c1-11(10(14)19,16-4-5-17-18-15)8-6-7(12)2-3-9(8)13/h2-3,6,16H,4-5H2,1H3,(H2,14,19). The van der Waals surface area contributed by atoms with Gasteiger partial charge in [-0.3, -0.25) is 10.1 Å². The molecule has 6 nitrogen and oxygen atoms in total. The number of nitrogens with zero attached hydrogens (tertiary/aromatic N) is 3. The van der Waals surface area contributed by atoms with Gasteiger partial charge in [-0.1, -0.05) is 28.3 Å². The summed E-state index contributed by atoms with van der Waals surface area (Å²) in [6.45, 7) is 2.08. The van der Waals surface area contributed by atoms with Crippen molar-refractivity contribution in [2.45, 2.75) is 12.5 Å². The molecule has 0 aliphatic carbocycles. The van der Waals surface area contributed by atoms with Crippen LogP contribution in [0.1, 0.15) is 12.5 Å². The summed E-state index contributed by atoms with van der Waals surface area (Å²) in [7, 11) is 0. The van der Waals surface area contributed by atoms with E-state index in [-0.39, 0.29) is 13.1 Å². The smallest absolute Gasteiger partial charge is 0.242 e. The normalized spacial score (nSPS) is 13.4. The van der Waals surface area contributed by atoms with Crippen LogP contribution in [0.25, 0.3) is 10.4 Å². The summed E-state index contributed by atoms with van der Waals surface area (Å²) in [5.41, 5.74) is 12.9. The Hall–Kier alpha value is -1.46. The Morgan fingerprint density at radius 1 is 1.58 bits per heavy atom. The fourth-order valence-electron chi connectivity index (χ4n) is 1.60. The number of amides is 1. The second-order valence-electron chi connectivity index (χ2n) is 3.99. The Balaban J connectivity index is 3.07. The molecule has 0 aromatic heterocycles. The molecule has 0 bridgehead atoms. The van der Waals surface area contributed by atoms with Crippen LogP contribution in [0, 0.1) is 0 Å². The second kappa shape index (κ2) is 6.63. The SMILES string of the molecule is CC(NCCN=[N+]=[N-])(C(N)=O)c1cc(Cl)ccc1Cl. The van der Waals surface area contributed by atoms with Crippen LogP contribution in [0.15, 0.2) is 23.3 Å². The molecule has 1 rings (SSSR count). The minimum atomic E-state index is -1.19. The fourth-order valence-corrected chi connectivity index (χ4v) is 2.07. The summed E-state index contributed by atoms with van der Waals surface area (Å²) in [5.74, 6) is -0.599. The molecule has 0 radical (unpaired) electrons. The molecule has 1 amide bonds. The third kappa shape index (κ3) is 3.75. The largest absolute Gasteiger partial charge is 0.368 e. The monoisotopic (exact) mass is 301 g/mol. The van der Waals surface area contributed by atoms with Crippen molar-refractivity contribution in [1.82, 2.24) is 5.32 Å². The number of azide groups is 1. The first kappa shape index (κ1) is 15.6. The van der Waals surface area contributed by atoms with E-state index in [1.54, 1.807) is 25.1 Å². The van der Waals surface area contributed by atoms with Crippen LogP contribution in [0.4, 0.5) is 0 Å². The Bertz CT molecular complexity index is 530. The van der Waals surface area contributed by atoms with Gasteiger partial charge in [0.2, 0.25) is 5.91 Å². The zero-order valence-electron chi connectivity index (χ0n) is 10.2. The fraction of sp³-hybridized carbons (Fsp3) is 0.364. The average Bonchev–Trinajstić information content (AvgIpc) is 2.37. The van der Waals surface area contributed by atoms with Crippen molar-refractivity contribution >= 4 is 29.1 Å². The number of rotatable bonds is 6. The molecule has 0 heterocycles. The molecule has 3 N–H and O–H groups in total. The Morgan fingerprint density at radius 3 is 2.84 bits per heavy atom. The number of hydrogen-bond donors (Lipinski definition) is 2. The van der Waals surface area contributed by atoms with Gasteiger partial charge >= 0.3 is 0 Å². The van der Waals surface area contributed by atoms with Gasteiger partial charge in [0.05, 0.1) is 0 Å². The van der Waals surface area contributed by atoms with Gasteiger partial charge < -0.3 is 5.73 Å². The summed E-state index contributed by atoms with van der Waals surface area (Å²) >= 11 is 12.0. The lowest BCUT2D eigenvalue weighted by molar-refractivity contribution is -0.124. The van der Waals surface area contributed by atoms with Crippen molar-refractivity contribution in [1.29, 1.82) is 0 Å². The summed E-state index contributed by atoms with van der Waals surface area (Å²) in [5, 5.41) is 7.13. The van der Waals surface area contributed by atoms with Crippen LogP contribution in [-0.2, 0) is 10.3 Å². The van der Waals surface area contributed by atoms with E-state index in [9.17, 15) is 4.79 Å². The lowest BCUT2D eigenvalue weighted by atomic mass is 9.91. The van der Waals surface area contributed by atoms with Gasteiger partial charge in [-0.05, 0) is 30.7 Å².